The number of halogens is 2. The minimum absolute atomic E-state index is 0.0584. The molecule has 0 radical (unpaired) electrons. The number of benzene rings is 3. The molecule has 1 saturated carbocycles. The van der Waals surface area contributed by atoms with Gasteiger partial charge in [-0.05, 0) is 60.7 Å². The predicted octanol–water partition coefficient (Wildman–Crippen LogP) is 4.82. The van der Waals surface area contributed by atoms with Gasteiger partial charge in [-0.3, -0.25) is 33.8 Å². The van der Waals surface area contributed by atoms with Crippen LogP contribution >= 0.6 is 23.2 Å². The van der Waals surface area contributed by atoms with Gasteiger partial charge >= 0.3 is 0 Å². The molecule has 4 aliphatic rings. The van der Waals surface area contributed by atoms with E-state index in [9.17, 15) is 29.1 Å². The lowest BCUT2D eigenvalue weighted by atomic mass is 9.56. The van der Waals surface area contributed by atoms with Crippen molar-refractivity contribution in [2.24, 2.45) is 17.8 Å². The largest absolute Gasteiger partial charge is 0.508 e. The van der Waals surface area contributed by atoms with Crippen LogP contribution in [0.1, 0.15) is 40.2 Å². The molecule has 7 rings (SSSR count). The Morgan fingerprint density at radius 2 is 1.52 bits per heavy atom. The molecule has 222 valence electrons. The summed E-state index contributed by atoms with van der Waals surface area (Å²) in [6, 6.07) is 21.4. The normalized spacial score (nSPS) is 31.0. The molecule has 3 fully saturated rings. The molecule has 2 aliphatic carbocycles. The van der Waals surface area contributed by atoms with Crippen LogP contribution in [-0.4, -0.2) is 56.2 Å². The zero-order chi connectivity index (χ0) is 31.1. The van der Waals surface area contributed by atoms with Gasteiger partial charge in [-0.25, -0.2) is 0 Å². The van der Waals surface area contributed by atoms with Crippen LogP contribution in [0.15, 0.2) is 90.5 Å². The minimum atomic E-state index is -1.91. The van der Waals surface area contributed by atoms with E-state index in [4.69, 9.17) is 23.2 Å². The van der Waals surface area contributed by atoms with Gasteiger partial charge in [-0.2, -0.15) is 0 Å². The molecule has 2 heterocycles. The standard InChI is InChI=1S/C34H26Cl2N2O6/c1-37-31(43)33(35)17-25-23(27(34(33,36)32(37)44)20-8-5-9-22(39)16-20)14-15-24-26(25)30(42)38(29(24)41)21-12-10-19(11-13-21)28(40)18-6-3-2-4-7-18/h2-14,16,24-27,39H,15,17H2,1H3/t24-,25+,26-,27-,33+,34-/m0/s1. The van der Waals surface area contributed by atoms with Crippen LogP contribution in [0, 0.1) is 17.8 Å². The summed E-state index contributed by atoms with van der Waals surface area (Å²) in [7, 11) is 1.33. The predicted molar refractivity (Wildman–Crippen MR) is 162 cm³/mol. The van der Waals surface area contributed by atoms with Gasteiger partial charge in [-0.1, -0.05) is 54.1 Å². The van der Waals surface area contributed by atoms with E-state index in [0.717, 1.165) is 9.80 Å². The number of allylic oxidation sites excluding steroid dienone is 2. The van der Waals surface area contributed by atoms with E-state index in [0.29, 0.717) is 28.0 Å². The summed E-state index contributed by atoms with van der Waals surface area (Å²) < 4.78 is 0. The molecule has 3 aromatic rings. The molecule has 0 spiro atoms. The summed E-state index contributed by atoms with van der Waals surface area (Å²) in [5.41, 5.74) is 2.39. The summed E-state index contributed by atoms with van der Waals surface area (Å²) in [6.07, 6.45) is 1.94. The molecule has 10 heteroatoms. The van der Waals surface area contributed by atoms with Crippen LogP contribution < -0.4 is 4.90 Å². The zero-order valence-corrected chi connectivity index (χ0v) is 25.0. The van der Waals surface area contributed by atoms with Gasteiger partial charge in [0.05, 0.1) is 17.5 Å². The quantitative estimate of drug-likeness (QED) is 0.192. The van der Waals surface area contributed by atoms with Crippen LogP contribution in [0.3, 0.4) is 0 Å². The molecule has 3 aromatic carbocycles. The van der Waals surface area contributed by atoms with Crippen LogP contribution in [0.5, 0.6) is 5.75 Å². The van der Waals surface area contributed by atoms with Crippen LogP contribution in [0.2, 0.25) is 0 Å². The molecule has 0 bridgehead atoms. The Bertz CT molecular complexity index is 1810. The maximum Gasteiger partial charge on any atom is 0.253 e. The lowest BCUT2D eigenvalue weighted by Crippen LogP contribution is -2.60. The molecular formula is C34H26Cl2N2O6. The average molecular weight is 629 g/mol. The molecule has 0 aromatic heterocycles. The average Bonchev–Trinajstić information content (AvgIpc) is 3.36. The van der Waals surface area contributed by atoms with Gasteiger partial charge in [-0.15, -0.1) is 23.2 Å². The van der Waals surface area contributed by atoms with Crippen LogP contribution in [0.25, 0.3) is 0 Å². The maximum atomic E-state index is 14.2. The topological polar surface area (TPSA) is 112 Å². The molecule has 2 saturated heterocycles. The van der Waals surface area contributed by atoms with E-state index < -0.39 is 51.1 Å². The Balaban J connectivity index is 1.27. The second kappa shape index (κ2) is 9.87. The SMILES string of the molecule is CN1C(=O)[C@]2(Cl)C[C@@H]3C(=CC[C@@H]4C(=O)N(c5ccc(C(=O)c6ccccc6)cc5)C(=O)[C@@H]43)[C@H](c3cccc(O)c3)[C@]2(Cl)C1=O. The number of carbonyl (C=O) groups is 5. The first kappa shape index (κ1) is 28.5. The second-order valence-electron chi connectivity index (χ2n) is 11.8. The Hall–Kier alpha value is -4.27. The summed E-state index contributed by atoms with van der Waals surface area (Å²) in [6.45, 7) is 0. The number of phenolic OH excluding ortho intramolecular Hbond substituents is 1. The van der Waals surface area contributed by atoms with Gasteiger partial charge in [0.25, 0.3) is 11.8 Å². The van der Waals surface area contributed by atoms with Gasteiger partial charge < -0.3 is 5.11 Å². The monoisotopic (exact) mass is 628 g/mol. The van der Waals surface area contributed by atoms with E-state index in [-0.39, 0.29) is 30.3 Å². The number of likely N-dealkylation sites (tertiary alicyclic amines) is 1. The summed E-state index contributed by atoms with van der Waals surface area (Å²) in [4.78, 5) is 66.3. The number of aromatic hydroxyl groups is 1. The molecule has 0 unspecified atom stereocenters. The number of hydrogen-bond donors (Lipinski definition) is 1. The number of alkyl halides is 2. The first-order chi connectivity index (χ1) is 21.0. The minimum Gasteiger partial charge on any atom is -0.508 e. The highest BCUT2D eigenvalue weighted by atomic mass is 35.5. The van der Waals surface area contributed by atoms with E-state index in [1.165, 1.54) is 19.2 Å². The molecule has 2 aliphatic heterocycles. The third-order valence-corrected chi connectivity index (χ3v) is 11.1. The van der Waals surface area contributed by atoms with Crippen molar-refractivity contribution >= 4 is 58.3 Å². The number of hydrogen-bond acceptors (Lipinski definition) is 6. The molecule has 8 nitrogen and oxygen atoms in total. The van der Waals surface area contributed by atoms with E-state index in [1.54, 1.807) is 60.7 Å². The van der Waals surface area contributed by atoms with E-state index in [2.05, 4.69) is 0 Å². The maximum absolute atomic E-state index is 14.2. The number of amides is 4. The molecule has 44 heavy (non-hydrogen) atoms. The number of phenols is 1. The first-order valence-electron chi connectivity index (χ1n) is 14.3. The van der Waals surface area contributed by atoms with Crippen molar-refractivity contribution in [1.29, 1.82) is 0 Å². The van der Waals surface area contributed by atoms with Gasteiger partial charge in [0.1, 0.15) is 5.75 Å². The fraction of sp³-hybridized carbons (Fsp3) is 0.265. The Morgan fingerprint density at radius 3 is 2.20 bits per heavy atom. The molecule has 1 N–H and O–H groups in total. The van der Waals surface area contributed by atoms with Crippen molar-refractivity contribution < 1.29 is 29.1 Å². The number of carbonyl (C=O) groups excluding carboxylic acids is 5. The number of ketones is 1. The summed E-state index contributed by atoms with van der Waals surface area (Å²) in [5.74, 6) is -5.56. The summed E-state index contributed by atoms with van der Waals surface area (Å²) in [5, 5.41) is 10.3. The first-order valence-corrected chi connectivity index (χ1v) is 15.0. The Kier molecular flexibility index (Phi) is 6.39. The smallest absolute Gasteiger partial charge is 0.253 e. The number of fused-ring (bicyclic) bond motifs is 4. The summed E-state index contributed by atoms with van der Waals surface area (Å²) >= 11 is 14.3. The van der Waals surface area contributed by atoms with Crippen molar-refractivity contribution in [3.8, 4) is 5.75 Å². The van der Waals surface area contributed by atoms with E-state index in [1.807, 2.05) is 12.1 Å². The van der Waals surface area contributed by atoms with Crippen molar-refractivity contribution in [2.45, 2.75) is 28.5 Å². The Labute approximate surface area is 262 Å². The Morgan fingerprint density at radius 1 is 0.841 bits per heavy atom. The second-order valence-corrected chi connectivity index (χ2v) is 13.1. The highest BCUT2D eigenvalue weighted by Gasteiger charge is 2.75. The zero-order valence-electron chi connectivity index (χ0n) is 23.4. The van der Waals surface area contributed by atoms with Gasteiger partial charge in [0, 0.05) is 24.1 Å². The number of imide groups is 2. The van der Waals surface area contributed by atoms with E-state index >= 15 is 0 Å². The van der Waals surface area contributed by atoms with Crippen LogP contribution in [0.4, 0.5) is 5.69 Å². The number of anilines is 1. The van der Waals surface area contributed by atoms with Crippen molar-refractivity contribution in [1.82, 2.24) is 4.90 Å². The van der Waals surface area contributed by atoms with Crippen molar-refractivity contribution in [2.75, 3.05) is 11.9 Å². The lowest BCUT2D eigenvalue weighted by Gasteiger charge is -2.50. The number of nitrogens with zero attached hydrogens (tertiary/aromatic N) is 2. The molecular weight excluding hydrogens is 603 g/mol. The third-order valence-electron chi connectivity index (χ3n) is 9.64. The molecule has 4 amide bonds. The van der Waals surface area contributed by atoms with Gasteiger partial charge in [0.15, 0.2) is 15.5 Å². The van der Waals surface area contributed by atoms with Crippen molar-refractivity contribution in [3.63, 3.8) is 0 Å². The highest BCUT2D eigenvalue weighted by Crippen LogP contribution is 2.65. The van der Waals surface area contributed by atoms with Gasteiger partial charge in [0.2, 0.25) is 11.8 Å². The fourth-order valence-electron chi connectivity index (χ4n) is 7.59. The lowest BCUT2D eigenvalue weighted by molar-refractivity contribution is -0.138. The highest BCUT2D eigenvalue weighted by molar-refractivity contribution is 6.53. The number of rotatable bonds is 4. The third kappa shape index (κ3) is 3.74. The van der Waals surface area contributed by atoms with Crippen LogP contribution in [-0.2, 0) is 19.2 Å². The van der Waals surface area contributed by atoms with Crippen molar-refractivity contribution in [3.05, 3.63) is 107 Å². The molecule has 6 atom stereocenters. The fourth-order valence-corrected chi connectivity index (χ4v) is 8.61.